The number of amides is 1. The van der Waals surface area contributed by atoms with Gasteiger partial charge in [0.05, 0.1) is 5.69 Å². The third-order valence-corrected chi connectivity index (χ3v) is 4.29. The highest BCUT2D eigenvalue weighted by molar-refractivity contribution is 5.93. The number of anilines is 1. The van der Waals surface area contributed by atoms with Crippen molar-refractivity contribution in [2.45, 2.75) is 19.3 Å². The van der Waals surface area contributed by atoms with Crippen LogP contribution in [-0.2, 0) is 4.79 Å². The molecule has 1 aliphatic rings. The van der Waals surface area contributed by atoms with Crippen LogP contribution < -0.4 is 5.32 Å². The van der Waals surface area contributed by atoms with Crippen molar-refractivity contribution in [3.63, 3.8) is 0 Å². The van der Waals surface area contributed by atoms with Gasteiger partial charge in [-0.25, -0.2) is 4.98 Å². The number of imidazole rings is 1. The van der Waals surface area contributed by atoms with Crippen LogP contribution in [0.3, 0.4) is 0 Å². The first-order valence-electron chi connectivity index (χ1n) is 7.65. The molecule has 0 radical (unpaired) electrons. The Morgan fingerprint density at radius 2 is 1.95 bits per heavy atom. The monoisotopic (exact) mass is 291 g/mol. The number of nitrogens with zero attached hydrogens (tertiary/aromatic N) is 2. The first-order valence-corrected chi connectivity index (χ1v) is 7.65. The number of carbonyl (C=O) groups excluding carboxylic acids is 1. The Labute approximate surface area is 128 Å². The summed E-state index contributed by atoms with van der Waals surface area (Å²) in [4.78, 5) is 16.5. The van der Waals surface area contributed by atoms with Crippen molar-refractivity contribution < 1.29 is 4.79 Å². The predicted octanol–water partition coefficient (Wildman–Crippen LogP) is 3.74. The van der Waals surface area contributed by atoms with Crippen LogP contribution in [-0.4, -0.2) is 15.3 Å². The van der Waals surface area contributed by atoms with E-state index in [-0.39, 0.29) is 11.8 Å². The van der Waals surface area contributed by atoms with E-state index in [9.17, 15) is 4.79 Å². The summed E-state index contributed by atoms with van der Waals surface area (Å²) >= 11 is 0. The Morgan fingerprint density at radius 1 is 1.14 bits per heavy atom. The van der Waals surface area contributed by atoms with Gasteiger partial charge in [-0.3, -0.25) is 4.79 Å². The van der Waals surface area contributed by atoms with Gasteiger partial charge in [0.1, 0.15) is 5.65 Å². The number of hydrogen-bond donors (Lipinski definition) is 1. The minimum Gasteiger partial charge on any atom is -0.326 e. The van der Waals surface area contributed by atoms with Gasteiger partial charge in [-0.2, -0.15) is 0 Å². The molecule has 2 heterocycles. The number of fused-ring (bicyclic) bond motifs is 1. The molecule has 2 aromatic heterocycles. The quantitative estimate of drug-likeness (QED) is 0.799. The number of nitrogens with one attached hydrogen (secondary N) is 1. The highest BCUT2D eigenvalue weighted by atomic mass is 16.1. The largest absolute Gasteiger partial charge is 0.326 e. The Kier molecular flexibility index (Phi) is 3.15. The zero-order valence-electron chi connectivity index (χ0n) is 12.2. The van der Waals surface area contributed by atoms with Crippen LogP contribution in [0, 0.1) is 5.92 Å². The molecule has 1 saturated carbocycles. The molecule has 1 N–H and O–H groups in total. The Morgan fingerprint density at radius 3 is 2.64 bits per heavy atom. The molecule has 4 rings (SSSR count). The molecule has 1 aliphatic carbocycles. The van der Waals surface area contributed by atoms with Crippen molar-refractivity contribution >= 4 is 17.2 Å². The highest BCUT2D eigenvalue weighted by Crippen LogP contribution is 2.28. The lowest BCUT2D eigenvalue weighted by atomic mass is 9.85. The van der Waals surface area contributed by atoms with E-state index in [1.165, 1.54) is 6.42 Å². The number of pyridine rings is 1. The molecular formula is C18H17N3O. The van der Waals surface area contributed by atoms with E-state index in [0.717, 1.165) is 35.4 Å². The van der Waals surface area contributed by atoms with Gasteiger partial charge in [0, 0.05) is 29.6 Å². The number of aromatic nitrogens is 2. The maximum absolute atomic E-state index is 11.9. The van der Waals surface area contributed by atoms with Gasteiger partial charge >= 0.3 is 0 Å². The number of hydrogen-bond acceptors (Lipinski definition) is 2. The second kappa shape index (κ2) is 5.30. The van der Waals surface area contributed by atoms with Crippen molar-refractivity contribution in [2.75, 3.05) is 5.32 Å². The van der Waals surface area contributed by atoms with Gasteiger partial charge in [-0.1, -0.05) is 24.6 Å². The Bertz CT molecular complexity index is 783. The molecule has 1 fully saturated rings. The zero-order valence-corrected chi connectivity index (χ0v) is 12.2. The SMILES string of the molecule is O=C(Nc1ccc(-c2cn3ccccc3n2)cc1)C1CCC1. The fraction of sp³-hybridized carbons (Fsp3) is 0.222. The van der Waals surface area contributed by atoms with E-state index >= 15 is 0 Å². The van der Waals surface area contributed by atoms with Gasteiger partial charge in [0.15, 0.2) is 0 Å². The van der Waals surface area contributed by atoms with E-state index < -0.39 is 0 Å². The summed E-state index contributed by atoms with van der Waals surface area (Å²) in [5.74, 6) is 0.352. The molecule has 0 saturated heterocycles. The fourth-order valence-electron chi connectivity index (χ4n) is 2.71. The van der Waals surface area contributed by atoms with E-state index in [1.807, 2.05) is 59.3 Å². The van der Waals surface area contributed by atoms with E-state index in [4.69, 9.17) is 0 Å². The number of carbonyl (C=O) groups is 1. The molecule has 3 aromatic rings. The van der Waals surface area contributed by atoms with Crippen molar-refractivity contribution in [3.8, 4) is 11.3 Å². The summed E-state index contributed by atoms with van der Waals surface area (Å²) in [7, 11) is 0. The van der Waals surface area contributed by atoms with Gasteiger partial charge in [0.2, 0.25) is 5.91 Å². The maximum Gasteiger partial charge on any atom is 0.227 e. The van der Waals surface area contributed by atoms with E-state index in [2.05, 4.69) is 10.3 Å². The lowest BCUT2D eigenvalue weighted by molar-refractivity contribution is -0.122. The molecule has 0 atom stereocenters. The molecular weight excluding hydrogens is 274 g/mol. The maximum atomic E-state index is 11.9. The second-order valence-electron chi connectivity index (χ2n) is 5.79. The first kappa shape index (κ1) is 13.1. The lowest BCUT2D eigenvalue weighted by Gasteiger charge is -2.24. The predicted molar refractivity (Wildman–Crippen MR) is 86.6 cm³/mol. The van der Waals surface area contributed by atoms with Crippen molar-refractivity contribution in [3.05, 3.63) is 54.9 Å². The van der Waals surface area contributed by atoms with Crippen LogP contribution in [0.15, 0.2) is 54.9 Å². The second-order valence-corrected chi connectivity index (χ2v) is 5.79. The van der Waals surface area contributed by atoms with Gasteiger partial charge in [-0.05, 0) is 37.1 Å². The molecule has 0 aliphatic heterocycles. The minimum absolute atomic E-state index is 0.145. The topological polar surface area (TPSA) is 46.4 Å². The summed E-state index contributed by atoms with van der Waals surface area (Å²) < 4.78 is 2.00. The molecule has 0 spiro atoms. The first-order chi connectivity index (χ1) is 10.8. The van der Waals surface area contributed by atoms with Gasteiger partial charge < -0.3 is 9.72 Å². The van der Waals surface area contributed by atoms with Crippen LogP contribution in [0.5, 0.6) is 0 Å². The molecule has 4 nitrogen and oxygen atoms in total. The van der Waals surface area contributed by atoms with Crippen molar-refractivity contribution in [1.82, 2.24) is 9.38 Å². The van der Waals surface area contributed by atoms with Gasteiger partial charge in [0.25, 0.3) is 0 Å². The van der Waals surface area contributed by atoms with E-state index in [0.29, 0.717) is 0 Å². The summed E-state index contributed by atoms with van der Waals surface area (Å²) in [5.41, 5.74) is 3.76. The van der Waals surface area contributed by atoms with Crippen LogP contribution >= 0.6 is 0 Å². The lowest BCUT2D eigenvalue weighted by Crippen LogP contribution is -2.27. The molecule has 4 heteroatoms. The van der Waals surface area contributed by atoms with Crippen LogP contribution in [0.25, 0.3) is 16.9 Å². The van der Waals surface area contributed by atoms with Crippen LogP contribution in [0.4, 0.5) is 5.69 Å². The zero-order chi connectivity index (χ0) is 14.9. The molecule has 110 valence electrons. The van der Waals surface area contributed by atoms with Crippen molar-refractivity contribution in [1.29, 1.82) is 0 Å². The number of rotatable bonds is 3. The third-order valence-electron chi connectivity index (χ3n) is 4.29. The normalized spacial score (nSPS) is 14.7. The molecule has 22 heavy (non-hydrogen) atoms. The minimum atomic E-state index is 0.145. The summed E-state index contributed by atoms with van der Waals surface area (Å²) in [5, 5.41) is 2.98. The van der Waals surface area contributed by atoms with E-state index in [1.54, 1.807) is 0 Å². The highest BCUT2D eigenvalue weighted by Gasteiger charge is 2.25. The molecule has 1 aromatic carbocycles. The summed E-state index contributed by atoms with van der Waals surface area (Å²) in [6.45, 7) is 0. The Hall–Kier alpha value is -2.62. The average Bonchev–Trinajstić information content (AvgIpc) is 2.90. The standard InChI is InChI=1S/C18H17N3O/c22-18(14-4-3-5-14)19-15-9-7-13(8-10-15)16-12-21-11-2-1-6-17(21)20-16/h1-2,6-12,14H,3-5H2,(H,19,22). The van der Waals surface area contributed by atoms with Crippen LogP contribution in [0.2, 0.25) is 0 Å². The van der Waals surface area contributed by atoms with Crippen LogP contribution in [0.1, 0.15) is 19.3 Å². The Balaban J connectivity index is 1.54. The fourth-order valence-corrected chi connectivity index (χ4v) is 2.71. The molecule has 0 unspecified atom stereocenters. The summed E-state index contributed by atoms with van der Waals surface area (Å²) in [6.07, 6.45) is 7.21. The van der Waals surface area contributed by atoms with Gasteiger partial charge in [-0.15, -0.1) is 0 Å². The third kappa shape index (κ3) is 2.37. The number of benzene rings is 1. The van der Waals surface area contributed by atoms with Crippen molar-refractivity contribution in [2.24, 2.45) is 5.92 Å². The summed E-state index contributed by atoms with van der Waals surface area (Å²) in [6, 6.07) is 13.8. The molecule has 0 bridgehead atoms. The smallest absolute Gasteiger partial charge is 0.227 e. The molecule has 1 amide bonds. The average molecular weight is 291 g/mol.